The molecule has 1 atom stereocenters. The fraction of sp³-hybridized carbons (Fsp3) is 0.0625. The first-order valence-corrected chi connectivity index (χ1v) is 5.93. The van der Waals surface area contributed by atoms with Crippen LogP contribution < -0.4 is 0 Å². The largest absolute Gasteiger partial charge is 0.382 e. The fourth-order valence-corrected chi connectivity index (χ4v) is 2.04. The molecule has 0 saturated carbocycles. The fourth-order valence-electron chi connectivity index (χ4n) is 2.04. The molecule has 2 aromatic carbocycles. The molecule has 1 aromatic heterocycles. The summed E-state index contributed by atoms with van der Waals surface area (Å²) in [5.74, 6) is 0. The van der Waals surface area contributed by atoms with Crippen molar-refractivity contribution in [2.24, 2.45) is 0 Å². The van der Waals surface area contributed by atoms with Gasteiger partial charge in [0.15, 0.2) is 0 Å². The zero-order chi connectivity index (χ0) is 12.4. The van der Waals surface area contributed by atoms with Crippen LogP contribution >= 0.6 is 0 Å². The highest BCUT2D eigenvalue weighted by atomic mass is 16.3. The number of hydrogen-bond donors (Lipinski definition) is 1. The second-order valence-electron chi connectivity index (χ2n) is 4.24. The molecule has 3 aromatic rings. The van der Waals surface area contributed by atoms with Crippen LogP contribution in [0.4, 0.5) is 0 Å². The van der Waals surface area contributed by atoms with E-state index in [1.165, 1.54) is 0 Å². The SMILES string of the molecule is O[C@H](c1ccccc1)c1ccc2ccccc2n1. The van der Waals surface area contributed by atoms with Gasteiger partial charge in [0.05, 0.1) is 11.2 Å². The van der Waals surface area contributed by atoms with Gasteiger partial charge < -0.3 is 5.11 Å². The Hall–Kier alpha value is -2.19. The molecule has 0 saturated heterocycles. The Morgan fingerprint density at radius 1 is 0.778 bits per heavy atom. The molecule has 0 aliphatic carbocycles. The molecule has 88 valence electrons. The number of aliphatic hydroxyl groups excluding tert-OH is 1. The summed E-state index contributed by atoms with van der Waals surface area (Å²) in [4.78, 5) is 4.50. The van der Waals surface area contributed by atoms with E-state index in [1.807, 2.05) is 66.7 Å². The molecule has 0 radical (unpaired) electrons. The number of fused-ring (bicyclic) bond motifs is 1. The van der Waals surface area contributed by atoms with E-state index < -0.39 is 6.10 Å². The predicted molar refractivity (Wildman–Crippen MR) is 72.2 cm³/mol. The van der Waals surface area contributed by atoms with Gasteiger partial charge in [-0.05, 0) is 17.7 Å². The second-order valence-corrected chi connectivity index (χ2v) is 4.24. The van der Waals surface area contributed by atoms with E-state index in [1.54, 1.807) is 0 Å². The lowest BCUT2D eigenvalue weighted by Crippen LogP contribution is -2.02. The van der Waals surface area contributed by atoms with Crippen LogP contribution in [-0.2, 0) is 0 Å². The number of benzene rings is 2. The Morgan fingerprint density at radius 3 is 2.33 bits per heavy atom. The van der Waals surface area contributed by atoms with Gasteiger partial charge in [-0.1, -0.05) is 54.6 Å². The Labute approximate surface area is 106 Å². The van der Waals surface area contributed by atoms with Gasteiger partial charge in [0.25, 0.3) is 0 Å². The molecule has 0 amide bonds. The van der Waals surface area contributed by atoms with Crippen molar-refractivity contribution < 1.29 is 5.11 Å². The lowest BCUT2D eigenvalue weighted by atomic mass is 10.1. The maximum absolute atomic E-state index is 10.3. The summed E-state index contributed by atoms with van der Waals surface area (Å²) in [5.41, 5.74) is 2.45. The Morgan fingerprint density at radius 2 is 1.50 bits per heavy atom. The second kappa shape index (κ2) is 4.59. The van der Waals surface area contributed by atoms with Gasteiger partial charge in [-0.25, -0.2) is 4.98 Å². The molecule has 1 N–H and O–H groups in total. The summed E-state index contributed by atoms with van der Waals surface area (Å²) >= 11 is 0. The van der Waals surface area contributed by atoms with Crippen molar-refractivity contribution in [1.29, 1.82) is 0 Å². The molecule has 0 bridgehead atoms. The van der Waals surface area contributed by atoms with Gasteiger partial charge in [-0.3, -0.25) is 0 Å². The number of aliphatic hydroxyl groups is 1. The molecule has 3 rings (SSSR count). The van der Waals surface area contributed by atoms with Crippen LogP contribution in [0.25, 0.3) is 10.9 Å². The average molecular weight is 235 g/mol. The van der Waals surface area contributed by atoms with Gasteiger partial charge in [-0.15, -0.1) is 0 Å². The van der Waals surface area contributed by atoms with Gasteiger partial charge in [0.1, 0.15) is 6.10 Å². The van der Waals surface area contributed by atoms with Gasteiger partial charge >= 0.3 is 0 Å². The minimum atomic E-state index is -0.671. The van der Waals surface area contributed by atoms with Gasteiger partial charge in [-0.2, -0.15) is 0 Å². The van der Waals surface area contributed by atoms with E-state index in [2.05, 4.69) is 4.98 Å². The third-order valence-electron chi connectivity index (χ3n) is 3.02. The highest BCUT2D eigenvalue weighted by molar-refractivity contribution is 5.78. The number of nitrogens with zero attached hydrogens (tertiary/aromatic N) is 1. The van der Waals surface area contributed by atoms with E-state index in [0.717, 1.165) is 16.5 Å². The van der Waals surface area contributed by atoms with Crippen molar-refractivity contribution in [3.05, 3.63) is 78.0 Å². The highest BCUT2D eigenvalue weighted by Crippen LogP contribution is 2.22. The van der Waals surface area contributed by atoms with Gasteiger partial charge in [0.2, 0.25) is 0 Å². The lowest BCUT2D eigenvalue weighted by molar-refractivity contribution is 0.216. The van der Waals surface area contributed by atoms with Crippen LogP contribution in [0.5, 0.6) is 0 Å². The van der Waals surface area contributed by atoms with Crippen LogP contribution in [-0.4, -0.2) is 10.1 Å². The van der Waals surface area contributed by atoms with Crippen molar-refractivity contribution in [2.75, 3.05) is 0 Å². The Kier molecular flexibility index (Phi) is 2.79. The normalized spacial score (nSPS) is 12.5. The summed E-state index contributed by atoms with van der Waals surface area (Å²) in [7, 11) is 0. The molecule has 0 unspecified atom stereocenters. The first kappa shape index (κ1) is 10.9. The summed E-state index contributed by atoms with van der Waals surface area (Å²) in [6, 6.07) is 21.3. The number of hydrogen-bond acceptors (Lipinski definition) is 2. The topological polar surface area (TPSA) is 33.1 Å². The maximum atomic E-state index is 10.3. The van der Waals surface area contributed by atoms with Crippen molar-refractivity contribution in [3.8, 4) is 0 Å². The van der Waals surface area contributed by atoms with E-state index in [-0.39, 0.29) is 0 Å². The van der Waals surface area contributed by atoms with E-state index in [4.69, 9.17) is 0 Å². The monoisotopic (exact) mass is 235 g/mol. The van der Waals surface area contributed by atoms with Gasteiger partial charge in [0, 0.05) is 5.39 Å². The molecule has 1 heterocycles. The third kappa shape index (κ3) is 1.98. The van der Waals surface area contributed by atoms with E-state index in [0.29, 0.717) is 5.69 Å². The molecule has 2 heteroatoms. The molecule has 0 spiro atoms. The smallest absolute Gasteiger partial charge is 0.121 e. The first-order valence-electron chi connectivity index (χ1n) is 5.93. The number of pyridine rings is 1. The number of aromatic nitrogens is 1. The summed E-state index contributed by atoms with van der Waals surface area (Å²) < 4.78 is 0. The number of rotatable bonds is 2. The van der Waals surface area contributed by atoms with E-state index >= 15 is 0 Å². The quantitative estimate of drug-likeness (QED) is 0.739. The van der Waals surface area contributed by atoms with Crippen LogP contribution in [0.2, 0.25) is 0 Å². The van der Waals surface area contributed by atoms with Crippen molar-refractivity contribution in [1.82, 2.24) is 4.98 Å². The van der Waals surface area contributed by atoms with E-state index in [9.17, 15) is 5.11 Å². The molecule has 18 heavy (non-hydrogen) atoms. The third-order valence-corrected chi connectivity index (χ3v) is 3.02. The summed E-state index contributed by atoms with van der Waals surface area (Å²) in [6.45, 7) is 0. The average Bonchev–Trinajstić information content (AvgIpc) is 2.47. The predicted octanol–water partition coefficient (Wildman–Crippen LogP) is 3.32. The summed E-state index contributed by atoms with van der Waals surface area (Å²) in [6.07, 6.45) is -0.671. The van der Waals surface area contributed by atoms with Crippen LogP contribution in [0.3, 0.4) is 0 Å². The summed E-state index contributed by atoms with van der Waals surface area (Å²) in [5, 5.41) is 11.4. The highest BCUT2D eigenvalue weighted by Gasteiger charge is 2.11. The van der Waals surface area contributed by atoms with Crippen LogP contribution in [0.1, 0.15) is 17.4 Å². The lowest BCUT2D eigenvalue weighted by Gasteiger charge is -2.11. The molecular weight excluding hydrogens is 222 g/mol. The van der Waals surface area contributed by atoms with Crippen molar-refractivity contribution in [3.63, 3.8) is 0 Å². The molecule has 0 aliphatic heterocycles. The minimum Gasteiger partial charge on any atom is -0.382 e. The number of para-hydroxylation sites is 1. The van der Waals surface area contributed by atoms with Crippen molar-refractivity contribution in [2.45, 2.75) is 6.10 Å². The van der Waals surface area contributed by atoms with Crippen LogP contribution in [0.15, 0.2) is 66.7 Å². The molecule has 0 aliphatic rings. The Bertz CT molecular complexity index is 664. The Balaban J connectivity index is 2.04. The first-order chi connectivity index (χ1) is 8.84. The maximum Gasteiger partial charge on any atom is 0.121 e. The van der Waals surface area contributed by atoms with Crippen molar-refractivity contribution >= 4 is 10.9 Å². The zero-order valence-electron chi connectivity index (χ0n) is 9.82. The standard InChI is InChI=1S/C16H13NO/c18-16(13-7-2-1-3-8-13)15-11-10-12-6-4-5-9-14(12)17-15/h1-11,16,18H/t16-/m1/s1. The zero-order valence-corrected chi connectivity index (χ0v) is 9.82. The molecule has 0 fully saturated rings. The minimum absolute atomic E-state index is 0.671. The molecule has 2 nitrogen and oxygen atoms in total. The molecular formula is C16H13NO. The van der Waals surface area contributed by atoms with Crippen LogP contribution in [0, 0.1) is 0 Å².